The van der Waals surface area contributed by atoms with Gasteiger partial charge in [0.2, 0.25) is 5.91 Å². The van der Waals surface area contributed by atoms with Crippen molar-refractivity contribution < 1.29 is 14.0 Å². The molecule has 1 aliphatic rings. The number of carbonyl (C=O) groups excluding carboxylic acids is 2. The van der Waals surface area contributed by atoms with Gasteiger partial charge in [0, 0.05) is 41.3 Å². The first-order chi connectivity index (χ1) is 16.0. The predicted octanol–water partition coefficient (Wildman–Crippen LogP) is 4.49. The average molecular weight is 442 g/mol. The Labute approximate surface area is 191 Å². The number of hydrogen-bond donors (Lipinski definition) is 1. The zero-order valence-corrected chi connectivity index (χ0v) is 18.5. The predicted molar refractivity (Wildman–Crippen MR) is 125 cm³/mol. The highest BCUT2D eigenvalue weighted by Gasteiger charge is 2.40. The van der Waals surface area contributed by atoms with Crippen LogP contribution in [0.3, 0.4) is 0 Å². The summed E-state index contributed by atoms with van der Waals surface area (Å²) >= 11 is 0. The van der Waals surface area contributed by atoms with Crippen LogP contribution in [0.25, 0.3) is 10.9 Å². The number of hydrogen-bond acceptors (Lipinski definition) is 2. The molecule has 6 heteroatoms. The fourth-order valence-electron chi connectivity index (χ4n) is 4.75. The molecule has 0 unspecified atom stereocenters. The number of halogens is 1. The van der Waals surface area contributed by atoms with Crippen LogP contribution in [-0.4, -0.2) is 27.8 Å². The normalized spacial score (nSPS) is 15.2. The van der Waals surface area contributed by atoms with Crippen molar-refractivity contribution in [2.75, 3.05) is 6.54 Å². The second-order valence-electron chi connectivity index (χ2n) is 8.40. The van der Waals surface area contributed by atoms with Crippen LogP contribution in [-0.2, 0) is 18.4 Å². The number of nitrogens with zero attached hydrogens (tertiary/aromatic N) is 2. The van der Waals surface area contributed by atoms with Crippen molar-refractivity contribution in [1.82, 2.24) is 14.8 Å². The van der Waals surface area contributed by atoms with E-state index in [1.165, 1.54) is 12.1 Å². The maximum atomic E-state index is 13.4. The molecule has 1 atom stereocenters. The first-order valence-electron chi connectivity index (χ1n) is 10.9. The van der Waals surface area contributed by atoms with Crippen molar-refractivity contribution in [1.29, 1.82) is 0 Å². The molecular formula is C27H24FN3O2. The third-order valence-corrected chi connectivity index (χ3v) is 6.50. The van der Waals surface area contributed by atoms with Crippen LogP contribution in [0.15, 0.2) is 72.8 Å². The molecule has 0 saturated heterocycles. The summed E-state index contributed by atoms with van der Waals surface area (Å²) in [7, 11) is 2.02. The third kappa shape index (κ3) is 3.57. The molecule has 1 N–H and O–H groups in total. The zero-order chi connectivity index (χ0) is 23.1. The van der Waals surface area contributed by atoms with Crippen molar-refractivity contribution >= 4 is 22.7 Å². The topological polar surface area (TPSA) is 54.3 Å². The standard InChI is InChI=1S/C27H24FN3O2/c1-17-25(22-9-5-6-10-23(22)30(17)2)26-20-7-3-4-8-21(20)27(33)31(26)16-24(32)29-15-18-11-13-19(28)14-12-18/h3-14,26H,15-16H2,1-2H3,(H,29,32)/t26-/m1/s1. The molecule has 0 radical (unpaired) electrons. The van der Waals surface area contributed by atoms with E-state index in [4.69, 9.17) is 0 Å². The quantitative estimate of drug-likeness (QED) is 0.496. The van der Waals surface area contributed by atoms with E-state index in [1.807, 2.05) is 50.4 Å². The molecule has 1 aromatic heterocycles. The first kappa shape index (κ1) is 20.9. The summed E-state index contributed by atoms with van der Waals surface area (Å²) in [4.78, 5) is 27.9. The van der Waals surface area contributed by atoms with Crippen LogP contribution >= 0.6 is 0 Å². The number of rotatable bonds is 5. The molecule has 0 saturated carbocycles. The SMILES string of the molecule is Cc1c([C@H]2c3ccccc3C(=O)N2CC(=O)NCc2ccc(F)cc2)c2ccccc2n1C. The van der Waals surface area contributed by atoms with Crippen LogP contribution < -0.4 is 5.32 Å². The van der Waals surface area contributed by atoms with E-state index in [-0.39, 0.29) is 36.8 Å². The minimum Gasteiger partial charge on any atom is -0.350 e. The monoisotopic (exact) mass is 441 g/mol. The van der Waals surface area contributed by atoms with Crippen molar-refractivity contribution in [3.05, 3.63) is 107 Å². The summed E-state index contributed by atoms with van der Waals surface area (Å²) in [5, 5.41) is 3.93. The highest BCUT2D eigenvalue weighted by Crippen LogP contribution is 2.43. The zero-order valence-electron chi connectivity index (χ0n) is 18.5. The summed E-state index contributed by atoms with van der Waals surface area (Å²) in [5.74, 6) is -0.734. The molecule has 166 valence electrons. The Hall–Kier alpha value is -3.93. The number of fused-ring (bicyclic) bond motifs is 2. The van der Waals surface area contributed by atoms with E-state index < -0.39 is 0 Å². The molecular weight excluding hydrogens is 417 g/mol. The second-order valence-corrected chi connectivity index (χ2v) is 8.40. The Morgan fingerprint density at radius 1 is 1.00 bits per heavy atom. The number of benzene rings is 3. The van der Waals surface area contributed by atoms with Crippen molar-refractivity contribution in [3.8, 4) is 0 Å². The Morgan fingerprint density at radius 2 is 1.70 bits per heavy atom. The largest absolute Gasteiger partial charge is 0.350 e. The summed E-state index contributed by atoms with van der Waals surface area (Å²) in [6.45, 7) is 2.25. The van der Waals surface area contributed by atoms with Gasteiger partial charge in [0.15, 0.2) is 0 Å². The minimum absolute atomic E-state index is 0.0674. The molecule has 0 spiro atoms. The van der Waals surface area contributed by atoms with Gasteiger partial charge < -0.3 is 14.8 Å². The lowest BCUT2D eigenvalue weighted by atomic mass is 9.95. The molecule has 2 amide bonds. The maximum Gasteiger partial charge on any atom is 0.255 e. The summed E-state index contributed by atoms with van der Waals surface area (Å²) in [5.41, 5.74) is 5.51. The number of carbonyl (C=O) groups is 2. The van der Waals surface area contributed by atoms with E-state index >= 15 is 0 Å². The number of aryl methyl sites for hydroxylation is 1. The lowest BCUT2D eigenvalue weighted by molar-refractivity contribution is -0.122. The van der Waals surface area contributed by atoms with E-state index in [0.29, 0.717) is 5.56 Å². The molecule has 0 bridgehead atoms. The van der Waals surface area contributed by atoms with Gasteiger partial charge in [0.05, 0.1) is 6.04 Å². The van der Waals surface area contributed by atoms with E-state index in [0.717, 1.165) is 33.3 Å². The van der Waals surface area contributed by atoms with Gasteiger partial charge in [-0.1, -0.05) is 48.5 Å². The second kappa shape index (κ2) is 8.20. The van der Waals surface area contributed by atoms with Gasteiger partial charge >= 0.3 is 0 Å². The van der Waals surface area contributed by atoms with E-state index in [1.54, 1.807) is 17.0 Å². The van der Waals surface area contributed by atoms with Gasteiger partial charge in [0.1, 0.15) is 12.4 Å². The third-order valence-electron chi connectivity index (χ3n) is 6.50. The van der Waals surface area contributed by atoms with Gasteiger partial charge in [0.25, 0.3) is 5.91 Å². The van der Waals surface area contributed by atoms with Crippen molar-refractivity contribution in [2.45, 2.75) is 19.5 Å². The number of para-hydroxylation sites is 1. The van der Waals surface area contributed by atoms with Crippen LogP contribution in [0.5, 0.6) is 0 Å². The summed E-state index contributed by atoms with van der Waals surface area (Å²) in [6.07, 6.45) is 0. The fraction of sp³-hybridized carbons (Fsp3) is 0.185. The average Bonchev–Trinajstić information content (AvgIpc) is 3.24. The molecule has 1 aliphatic heterocycles. The lowest BCUT2D eigenvalue weighted by Gasteiger charge is -2.26. The number of amides is 2. The molecule has 5 nitrogen and oxygen atoms in total. The summed E-state index contributed by atoms with van der Waals surface area (Å²) < 4.78 is 15.3. The van der Waals surface area contributed by atoms with Crippen molar-refractivity contribution in [3.63, 3.8) is 0 Å². The van der Waals surface area contributed by atoms with Crippen LogP contribution in [0, 0.1) is 12.7 Å². The Bertz CT molecular complexity index is 1370. The van der Waals surface area contributed by atoms with Gasteiger partial charge in [-0.2, -0.15) is 0 Å². The number of nitrogens with one attached hydrogen (secondary N) is 1. The number of aromatic nitrogens is 1. The van der Waals surface area contributed by atoms with Gasteiger partial charge in [-0.25, -0.2) is 4.39 Å². The van der Waals surface area contributed by atoms with Crippen LogP contribution in [0.4, 0.5) is 4.39 Å². The van der Waals surface area contributed by atoms with Crippen molar-refractivity contribution in [2.24, 2.45) is 7.05 Å². The smallest absolute Gasteiger partial charge is 0.255 e. The molecule has 3 aromatic carbocycles. The maximum absolute atomic E-state index is 13.4. The first-order valence-corrected chi connectivity index (χ1v) is 10.9. The molecule has 4 aromatic rings. The van der Waals surface area contributed by atoms with E-state index in [9.17, 15) is 14.0 Å². The Kier molecular flexibility index (Phi) is 5.21. The molecule has 33 heavy (non-hydrogen) atoms. The molecule has 0 fully saturated rings. The highest BCUT2D eigenvalue weighted by atomic mass is 19.1. The fourth-order valence-corrected chi connectivity index (χ4v) is 4.75. The highest BCUT2D eigenvalue weighted by molar-refractivity contribution is 6.02. The van der Waals surface area contributed by atoms with Crippen LogP contribution in [0.2, 0.25) is 0 Å². The van der Waals surface area contributed by atoms with Gasteiger partial charge in [-0.3, -0.25) is 9.59 Å². The summed E-state index contributed by atoms with van der Waals surface area (Å²) in [6, 6.07) is 21.3. The Morgan fingerprint density at radius 3 is 2.48 bits per heavy atom. The molecule has 2 heterocycles. The Balaban J connectivity index is 1.49. The van der Waals surface area contributed by atoms with Gasteiger partial charge in [-0.15, -0.1) is 0 Å². The van der Waals surface area contributed by atoms with Crippen LogP contribution in [0.1, 0.15) is 38.8 Å². The molecule has 0 aliphatic carbocycles. The lowest BCUT2D eigenvalue weighted by Crippen LogP contribution is -2.39. The van der Waals surface area contributed by atoms with E-state index in [2.05, 4.69) is 22.0 Å². The molecule has 5 rings (SSSR count). The van der Waals surface area contributed by atoms with Gasteiger partial charge in [-0.05, 0) is 42.3 Å². The minimum atomic E-state index is -0.351.